The van der Waals surface area contributed by atoms with Crippen molar-refractivity contribution in [1.82, 2.24) is 0 Å². The van der Waals surface area contributed by atoms with Gasteiger partial charge in [0.1, 0.15) is 0 Å². The Morgan fingerprint density at radius 2 is 1.69 bits per heavy atom. The standard InChI is InChI=1S/C10H20O3/c1-5(2)8(11)7-4-6(3)9(12)10(7)13/h5-13H,4H2,1-3H3. The van der Waals surface area contributed by atoms with Crippen LogP contribution in [-0.4, -0.2) is 33.6 Å². The monoisotopic (exact) mass is 188 g/mol. The van der Waals surface area contributed by atoms with Crippen molar-refractivity contribution < 1.29 is 15.3 Å². The van der Waals surface area contributed by atoms with Gasteiger partial charge in [0.15, 0.2) is 0 Å². The van der Waals surface area contributed by atoms with E-state index in [4.69, 9.17) is 0 Å². The summed E-state index contributed by atoms with van der Waals surface area (Å²) in [6.07, 6.45) is -1.22. The van der Waals surface area contributed by atoms with Gasteiger partial charge in [-0.3, -0.25) is 0 Å². The SMILES string of the molecule is CC(C)C(O)C1CC(C)C(O)C1O. The van der Waals surface area contributed by atoms with Crippen molar-refractivity contribution in [3.05, 3.63) is 0 Å². The van der Waals surface area contributed by atoms with Crippen molar-refractivity contribution in [1.29, 1.82) is 0 Å². The summed E-state index contributed by atoms with van der Waals surface area (Å²) in [6.45, 7) is 5.75. The molecule has 78 valence electrons. The van der Waals surface area contributed by atoms with E-state index in [0.29, 0.717) is 6.42 Å². The third-order valence-electron chi connectivity index (χ3n) is 3.14. The quantitative estimate of drug-likeness (QED) is 0.587. The van der Waals surface area contributed by atoms with Crippen LogP contribution in [0.4, 0.5) is 0 Å². The van der Waals surface area contributed by atoms with Gasteiger partial charge in [0.25, 0.3) is 0 Å². The molecule has 5 unspecified atom stereocenters. The Kier molecular flexibility index (Phi) is 3.33. The molecule has 0 aromatic heterocycles. The minimum atomic E-state index is -0.757. The molecule has 0 aromatic carbocycles. The Bertz CT molecular complexity index is 166. The number of rotatable bonds is 2. The first-order valence-corrected chi connectivity index (χ1v) is 4.99. The van der Waals surface area contributed by atoms with Crippen molar-refractivity contribution >= 4 is 0 Å². The smallest absolute Gasteiger partial charge is 0.0854 e. The van der Waals surface area contributed by atoms with Crippen molar-refractivity contribution in [3.8, 4) is 0 Å². The second kappa shape index (κ2) is 3.95. The molecule has 1 fully saturated rings. The molecule has 0 bridgehead atoms. The van der Waals surface area contributed by atoms with E-state index in [0.717, 1.165) is 0 Å². The molecule has 5 atom stereocenters. The van der Waals surface area contributed by atoms with Gasteiger partial charge in [-0.1, -0.05) is 20.8 Å². The zero-order valence-corrected chi connectivity index (χ0v) is 8.51. The lowest BCUT2D eigenvalue weighted by atomic mass is 9.90. The van der Waals surface area contributed by atoms with E-state index in [1.807, 2.05) is 20.8 Å². The molecule has 13 heavy (non-hydrogen) atoms. The van der Waals surface area contributed by atoms with Gasteiger partial charge in [0.2, 0.25) is 0 Å². The Balaban J connectivity index is 2.62. The minimum Gasteiger partial charge on any atom is -0.392 e. The number of aliphatic hydroxyl groups excluding tert-OH is 3. The van der Waals surface area contributed by atoms with Crippen LogP contribution >= 0.6 is 0 Å². The molecule has 0 aliphatic heterocycles. The van der Waals surface area contributed by atoms with Crippen LogP contribution in [0.2, 0.25) is 0 Å². The fourth-order valence-electron chi connectivity index (χ4n) is 2.13. The molecule has 1 saturated carbocycles. The molecule has 1 aliphatic carbocycles. The molecule has 1 aliphatic rings. The van der Waals surface area contributed by atoms with Gasteiger partial charge in [0, 0.05) is 5.92 Å². The van der Waals surface area contributed by atoms with Crippen LogP contribution in [0, 0.1) is 17.8 Å². The number of aliphatic hydroxyl groups is 3. The molecule has 0 heterocycles. The Morgan fingerprint density at radius 3 is 2.00 bits per heavy atom. The topological polar surface area (TPSA) is 60.7 Å². The maximum absolute atomic E-state index is 9.76. The van der Waals surface area contributed by atoms with E-state index in [-0.39, 0.29) is 17.8 Å². The van der Waals surface area contributed by atoms with Crippen LogP contribution in [0.15, 0.2) is 0 Å². The molecule has 3 nitrogen and oxygen atoms in total. The molecule has 0 spiro atoms. The second-order valence-electron chi connectivity index (χ2n) is 4.59. The highest BCUT2D eigenvalue weighted by molar-refractivity contribution is 4.92. The van der Waals surface area contributed by atoms with E-state index in [9.17, 15) is 15.3 Å². The van der Waals surface area contributed by atoms with Crippen LogP contribution in [0.5, 0.6) is 0 Å². The summed E-state index contributed by atoms with van der Waals surface area (Å²) in [5.74, 6) is 0.0653. The van der Waals surface area contributed by atoms with Crippen LogP contribution in [0.25, 0.3) is 0 Å². The molecular formula is C10H20O3. The first kappa shape index (κ1) is 11.0. The molecule has 3 heteroatoms. The van der Waals surface area contributed by atoms with Crippen molar-refractivity contribution in [2.24, 2.45) is 17.8 Å². The first-order chi connectivity index (χ1) is 5.95. The fraction of sp³-hybridized carbons (Fsp3) is 1.00. The average molecular weight is 188 g/mol. The van der Waals surface area contributed by atoms with Gasteiger partial charge in [-0.25, -0.2) is 0 Å². The lowest BCUT2D eigenvalue weighted by Crippen LogP contribution is -2.35. The predicted molar refractivity (Wildman–Crippen MR) is 50.1 cm³/mol. The fourth-order valence-corrected chi connectivity index (χ4v) is 2.13. The molecule has 0 aromatic rings. The van der Waals surface area contributed by atoms with E-state index >= 15 is 0 Å². The molecule has 0 radical (unpaired) electrons. The molecular weight excluding hydrogens is 168 g/mol. The number of hydrogen-bond acceptors (Lipinski definition) is 3. The van der Waals surface area contributed by atoms with Gasteiger partial charge in [-0.15, -0.1) is 0 Å². The van der Waals surface area contributed by atoms with E-state index in [2.05, 4.69) is 0 Å². The Morgan fingerprint density at radius 1 is 1.15 bits per heavy atom. The lowest BCUT2D eigenvalue weighted by Gasteiger charge is -2.24. The highest BCUT2D eigenvalue weighted by atomic mass is 16.3. The molecule has 3 N–H and O–H groups in total. The normalized spacial score (nSPS) is 42.7. The zero-order valence-electron chi connectivity index (χ0n) is 8.51. The molecule has 0 amide bonds. The lowest BCUT2D eigenvalue weighted by molar-refractivity contribution is -0.0376. The summed E-state index contributed by atoms with van der Waals surface area (Å²) in [5.41, 5.74) is 0. The summed E-state index contributed by atoms with van der Waals surface area (Å²) in [4.78, 5) is 0. The van der Waals surface area contributed by atoms with Gasteiger partial charge in [-0.05, 0) is 18.3 Å². The molecule has 1 rings (SSSR count). The van der Waals surface area contributed by atoms with E-state index < -0.39 is 18.3 Å². The summed E-state index contributed by atoms with van der Waals surface area (Å²) < 4.78 is 0. The maximum atomic E-state index is 9.76. The first-order valence-electron chi connectivity index (χ1n) is 4.99. The maximum Gasteiger partial charge on any atom is 0.0854 e. The largest absolute Gasteiger partial charge is 0.392 e. The van der Waals surface area contributed by atoms with E-state index in [1.165, 1.54) is 0 Å². The van der Waals surface area contributed by atoms with Crippen molar-refractivity contribution in [2.45, 2.75) is 45.5 Å². The third kappa shape index (κ3) is 2.03. The van der Waals surface area contributed by atoms with Crippen molar-refractivity contribution in [2.75, 3.05) is 0 Å². The van der Waals surface area contributed by atoms with Crippen LogP contribution < -0.4 is 0 Å². The summed E-state index contributed by atoms with van der Waals surface area (Å²) in [6, 6.07) is 0. The summed E-state index contributed by atoms with van der Waals surface area (Å²) in [7, 11) is 0. The van der Waals surface area contributed by atoms with Gasteiger partial charge in [0.05, 0.1) is 18.3 Å². The predicted octanol–water partition coefficient (Wildman–Crippen LogP) is 0.381. The highest BCUT2D eigenvalue weighted by Gasteiger charge is 2.42. The van der Waals surface area contributed by atoms with Crippen LogP contribution in [0.1, 0.15) is 27.2 Å². The third-order valence-corrected chi connectivity index (χ3v) is 3.14. The summed E-state index contributed by atoms with van der Waals surface area (Å²) >= 11 is 0. The molecule has 0 saturated heterocycles. The number of hydrogen-bond donors (Lipinski definition) is 3. The van der Waals surface area contributed by atoms with E-state index in [1.54, 1.807) is 0 Å². The van der Waals surface area contributed by atoms with Crippen molar-refractivity contribution in [3.63, 3.8) is 0 Å². The van der Waals surface area contributed by atoms with Gasteiger partial charge < -0.3 is 15.3 Å². The Hall–Kier alpha value is -0.120. The average Bonchev–Trinajstić information content (AvgIpc) is 2.31. The summed E-state index contributed by atoms with van der Waals surface area (Å²) in [5, 5.41) is 28.9. The minimum absolute atomic E-state index is 0.0911. The highest BCUT2D eigenvalue weighted by Crippen LogP contribution is 2.35. The van der Waals surface area contributed by atoms with Crippen LogP contribution in [-0.2, 0) is 0 Å². The Labute approximate surface area is 79.4 Å². The van der Waals surface area contributed by atoms with Crippen LogP contribution in [0.3, 0.4) is 0 Å². The second-order valence-corrected chi connectivity index (χ2v) is 4.59. The zero-order chi connectivity index (χ0) is 10.2. The van der Waals surface area contributed by atoms with Gasteiger partial charge in [-0.2, -0.15) is 0 Å². The van der Waals surface area contributed by atoms with Gasteiger partial charge >= 0.3 is 0 Å².